The standard InChI is InChI=1S/C14H16BrN5O3S/c1-2-23-12(22)8-24-14-19-18-13(16)20(14)7-11(21)17-10-5-3-9(15)4-6-10/h3-6H,2,7-8H2,1H3,(H2,16,18)(H,17,21). The molecule has 128 valence electrons. The number of nitrogen functional groups attached to an aromatic ring is 1. The molecule has 0 fully saturated rings. The van der Waals surface area contributed by atoms with Gasteiger partial charge in [-0.3, -0.25) is 14.2 Å². The average Bonchev–Trinajstić information content (AvgIpc) is 2.88. The molecule has 0 saturated carbocycles. The number of anilines is 2. The summed E-state index contributed by atoms with van der Waals surface area (Å²) in [4.78, 5) is 23.6. The van der Waals surface area contributed by atoms with Gasteiger partial charge in [0, 0.05) is 10.2 Å². The third-order valence-electron chi connectivity index (χ3n) is 2.80. The second-order valence-corrected chi connectivity index (χ2v) is 6.43. The van der Waals surface area contributed by atoms with Crippen LogP contribution in [0.4, 0.5) is 11.6 Å². The molecule has 0 radical (unpaired) electrons. The molecule has 0 unspecified atom stereocenters. The molecule has 0 bridgehead atoms. The van der Waals surface area contributed by atoms with E-state index in [-0.39, 0.29) is 30.1 Å². The van der Waals surface area contributed by atoms with Gasteiger partial charge in [0.2, 0.25) is 11.9 Å². The number of thioether (sulfide) groups is 1. The number of aromatic nitrogens is 3. The SMILES string of the molecule is CCOC(=O)CSc1nnc(N)n1CC(=O)Nc1ccc(Br)cc1. The quantitative estimate of drug-likeness (QED) is 0.526. The van der Waals surface area contributed by atoms with E-state index in [9.17, 15) is 9.59 Å². The number of hydrogen-bond donors (Lipinski definition) is 2. The topological polar surface area (TPSA) is 112 Å². The molecule has 0 aliphatic carbocycles. The van der Waals surface area contributed by atoms with E-state index in [1.165, 1.54) is 4.57 Å². The monoisotopic (exact) mass is 413 g/mol. The molecule has 1 aromatic heterocycles. The number of benzene rings is 1. The first kappa shape index (κ1) is 18.3. The Hall–Kier alpha value is -2.07. The maximum Gasteiger partial charge on any atom is 0.316 e. The zero-order chi connectivity index (χ0) is 17.5. The molecular weight excluding hydrogens is 398 g/mol. The van der Waals surface area contributed by atoms with Crippen LogP contribution in [0.5, 0.6) is 0 Å². The van der Waals surface area contributed by atoms with Crippen LogP contribution in [0.1, 0.15) is 6.92 Å². The van der Waals surface area contributed by atoms with Crippen LogP contribution in [0.15, 0.2) is 33.9 Å². The number of halogens is 1. The molecule has 0 aliphatic rings. The summed E-state index contributed by atoms with van der Waals surface area (Å²) in [6, 6.07) is 7.19. The van der Waals surface area contributed by atoms with Crippen molar-refractivity contribution in [1.82, 2.24) is 14.8 Å². The van der Waals surface area contributed by atoms with Crippen LogP contribution < -0.4 is 11.1 Å². The zero-order valence-corrected chi connectivity index (χ0v) is 15.3. The second kappa shape index (κ2) is 8.69. The van der Waals surface area contributed by atoms with E-state index in [1.54, 1.807) is 19.1 Å². The molecule has 0 aliphatic heterocycles. The van der Waals surface area contributed by atoms with E-state index in [1.807, 2.05) is 12.1 Å². The van der Waals surface area contributed by atoms with E-state index >= 15 is 0 Å². The van der Waals surface area contributed by atoms with E-state index in [4.69, 9.17) is 10.5 Å². The second-order valence-electron chi connectivity index (χ2n) is 4.58. The van der Waals surface area contributed by atoms with Gasteiger partial charge >= 0.3 is 5.97 Å². The van der Waals surface area contributed by atoms with Gasteiger partial charge in [-0.1, -0.05) is 27.7 Å². The van der Waals surface area contributed by atoms with Crippen molar-refractivity contribution in [2.75, 3.05) is 23.4 Å². The smallest absolute Gasteiger partial charge is 0.316 e. The third kappa shape index (κ3) is 5.24. The van der Waals surface area contributed by atoms with Gasteiger partial charge in [-0.25, -0.2) is 0 Å². The van der Waals surface area contributed by atoms with Crippen LogP contribution in [0.2, 0.25) is 0 Å². The Bertz CT molecular complexity index is 720. The van der Waals surface area contributed by atoms with E-state index in [0.29, 0.717) is 17.5 Å². The Balaban J connectivity index is 1.98. The van der Waals surface area contributed by atoms with Crippen LogP contribution in [0.3, 0.4) is 0 Å². The Kier molecular flexibility index (Phi) is 6.62. The number of amides is 1. The number of carbonyl (C=O) groups excluding carboxylic acids is 2. The number of carbonyl (C=O) groups is 2. The summed E-state index contributed by atoms with van der Waals surface area (Å²) in [6.07, 6.45) is 0. The largest absolute Gasteiger partial charge is 0.465 e. The lowest BCUT2D eigenvalue weighted by molar-refractivity contribution is -0.139. The lowest BCUT2D eigenvalue weighted by Crippen LogP contribution is -2.20. The molecule has 0 atom stereocenters. The van der Waals surface area contributed by atoms with Crippen molar-refractivity contribution < 1.29 is 14.3 Å². The number of hydrogen-bond acceptors (Lipinski definition) is 7. The predicted octanol–water partition coefficient (Wildman–Crippen LogP) is 1.92. The Morgan fingerprint density at radius 2 is 2.04 bits per heavy atom. The van der Waals surface area contributed by atoms with Gasteiger partial charge in [0.25, 0.3) is 0 Å². The molecule has 0 spiro atoms. The number of nitrogens with zero attached hydrogens (tertiary/aromatic N) is 3. The van der Waals surface area contributed by atoms with Crippen LogP contribution in [-0.2, 0) is 20.9 Å². The summed E-state index contributed by atoms with van der Waals surface area (Å²) in [5.41, 5.74) is 6.40. The van der Waals surface area contributed by atoms with Gasteiger partial charge in [0.05, 0.1) is 12.4 Å². The van der Waals surface area contributed by atoms with Crippen molar-refractivity contribution in [1.29, 1.82) is 0 Å². The van der Waals surface area contributed by atoms with Gasteiger partial charge in [-0.05, 0) is 31.2 Å². The van der Waals surface area contributed by atoms with Crippen molar-refractivity contribution in [3.05, 3.63) is 28.7 Å². The average molecular weight is 414 g/mol. The molecular formula is C14H16BrN5O3S. The normalized spacial score (nSPS) is 10.4. The molecule has 1 heterocycles. The maximum atomic E-state index is 12.2. The first-order valence-corrected chi connectivity index (χ1v) is 8.80. The number of esters is 1. The Morgan fingerprint density at radius 1 is 1.33 bits per heavy atom. The fourth-order valence-corrected chi connectivity index (χ4v) is 2.77. The minimum absolute atomic E-state index is 0.0555. The summed E-state index contributed by atoms with van der Waals surface area (Å²) < 4.78 is 7.21. The van der Waals surface area contributed by atoms with Crippen molar-refractivity contribution in [2.24, 2.45) is 0 Å². The minimum Gasteiger partial charge on any atom is -0.465 e. The van der Waals surface area contributed by atoms with Crippen molar-refractivity contribution >= 4 is 51.2 Å². The van der Waals surface area contributed by atoms with Gasteiger partial charge in [-0.15, -0.1) is 10.2 Å². The molecule has 1 amide bonds. The molecule has 1 aromatic carbocycles. The Labute approximate surface area is 151 Å². The maximum absolute atomic E-state index is 12.2. The summed E-state index contributed by atoms with van der Waals surface area (Å²) in [5.74, 6) is -0.468. The molecule has 24 heavy (non-hydrogen) atoms. The van der Waals surface area contributed by atoms with Crippen molar-refractivity contribution in [3.63, 3.8) is 0 Å². The molecule has 2 aromatic rings. The fourth-order valence-electron chi connectivity index (χ4n) is 1.76. The molecule has 10 heteroatoms. The van der Waals surface area contributed by atoms with Crippen molar-refractivity contribution in [2.45, 2.75) is 18.6 Å². The summed E-state index contributed by atoms with van der Waals surface area (Å²) in [6.45, 7) is 1.99. The van der Waals surface area contributed by atoms with Crippen LogP contribution in [-0.4, -0.2) is 39.0 Å². The van der Waals surface area contributed by atoms with Crippen LogP contribution >= 0.6 is 27.7 Å². The third-order valence-corrected chi connectivity index (χ3v) is 4.27. The van der Waals surface area contributed by atoms with Crippen LogP contribution in [0, 0.1) is 0 Å². The summed E-state index contributed by atoms with van der Waals surface area (Å²) in [7, 11) is 0. The van der Waals surface area contributed by atoms with Gasteiger partial charge in [0.15, 0.2) is 5.16 Å². The van der Waals surface area contributed by atoms with Crippen LogP contribution in [0.25, 0.3) is 0 Å². The molecule has 3 N–H and O–H groups in total. The zero-order valence-electron chi connectivity index (χ0n) is 12.9. The highest BCUT2D eigenvalue weighted by atomic mass is 79.9. The van der Waals surface area contributed by atoms with E-state index < -0.39 is 0 Å². The number of nitrogens with one attached hydrogen (secondary N) is 1. The molecule has 2 rings (SSSR count). The van der Waals surface area contributed by atoms with Gasteiger partial charge < -0.3 is 15.8 Å². The summed E-state index contributed by atoms with van der Waals surface area (Å²) in [5, 5.41) is 10.8. The Morgan fingerprint density at radius 3 is 2.71 bits per heavy atom. The molecule has 8 nitrogen and oxygen atoms in total. The highest BCUT2D eigenvalue weighted by Crippen LogP contribution is 2.19. The lowest BCUT2D eigenvalue weighted by atomic mass is 10.3. The lowest BCUT2D eigenvalue weighted by Gasteiger charge is -2.09. The first-order chi connectivity index (χ1) is 11.5. The molecule has 0 saturated heterocycles. The number of nitrogens with two attached hydrogens (primary N) is 1. The first-order valence-electron chi connectivity index (χ1n) is 7.02. The van der Waals surface area contributed by atoms with Crippen molar-refractivity contribution in [3.8, 4) is 0 Å². The van der Waals surface area contributed by atoms with E-state index in [2.05, 4.69) is 31.4 Å². The van der Waals surface area contributed by atoms with Gasteiger partial charge in [0.1, 0.15) is 6.54 Å². The predicted molar refractivity (Wildman–Crippen MR) is 94.6 cm³/mol. The van der Waals surface area contributed by atoms with Gasteiger partial charge in [-0.2, -0.15) is 0 Å². The minimum atomic E-state index is -0.366. The fraction of sp³-hybridized carbons (Fsp3) is 0.286. The number of rotatable bonds is 7. The highest BCUT2D eigenvalue weighted by molar-refractivity contribution is 9.10. The number of ether oxygens (including phenoxy) is 1. The van der Waals surface area contributed by atoms with E-state index in [0.717, 1.165) is 16.2 Å². The summed E-state index contributed by atoms with van der Waals surface area (Å²) >= 11 is 4.44. The highest BCUT2D eigenvalue weighted by Gasteiger charge is 2.15.